The van der Waals surface area contributed by atoms with Crippen LogP contribution in [0.25, 0.3) is 0 Å². The highest BCUT2D eigenvalue weighted by Gasteiger charge is 2.43. The molecule has 4 N–H and O–H groups in total. The maximum atomic E-state index is 11.1. The zero-order valence-corrected chi connectivity index (χ0v) is 11.1. The van der Waals surface area contributed by atoms with Gasteiger partial charge >= 0.3 is 5.97 Å². The highest BCUT2D eigenvalue weighted by Crippen LogP contribution is 2.21. The molecule has 0 aliphatic carbocycles. The first-order chi connectivity index (χ1) is 9.38. The Bertz CT molecular complexity index is 342. The minimum absolute atomic E-state index is 0.0816. The molecule has 8 nitrogen and oxygen atoms in total. The maximum absolute atomic E-state index is 11.1. The lowest BCUT2D eigenvalue weighted by molar-refractivity contribution is -0.302. The van der Waals surface area contributed by atoms with Gasteiger partial charge in [0.25, 0.3) is 0 Å². The van der Waals surface area contributed by atoms with Crippen LogP contribution >= 0.6 is 0 Å². The summed E-state index contributed by atoms with van der Waals surface area (Å²) in [4.78, 5) is 11.1. The first kappa shape index (κ1) is 17.0. The van der Waals surface area contributed by atoms with Crippen molar-refractivity contribution < 1.29 is 39.4 Å². The quantitative estimate of drug-likeness (QED) is 0.250. The van der Waals surface area contributed by atoms with E-state index in [-0.39, 0.29) is 18.8 Å². The van der Waals surface area contributed by atoms with Crippen LogP contribution in [0, 0.1) is 0 Å². The van der Waals surface area contributed by atoms with Crippen LogP contribution in [0.1, 0.15) is 6.92 Å². The van der Waals surface area contributed by atoms with Crippen molar-refractivity contribution >= 4 is 5.97 Å². The summed E-state index contributed by atoms with van der Waals surface area (Å²) >= 11 is 0. The summed E-state index contributed by atoms with van der Waals surface area (Å²) in [6, 6.07) is 0. The van der Waals surface area contributed by atoms with E-state index < -0.39 is 43.3 Å². The normalized spacial score (nSPS) is 33.8. The molecule has 116 valence electrons. The van der Waals surface area contributed by atoms with E-state index in [0.29, 0.717) is 0 Å². The van der Waals surface area contributed by atoms with Crippen molar-refractivity contribution in [3.63, 3.8) is 0 Å². The Balaban J connectivity index is 2.39. The molecule has 0 spiro atoms. The zero-order chi connectivity index (χ0) is 15.3. The maximum Gasteiger partial charge on any atom is 0.333 e. The van der Waals surface area contributed by atoms with E-state index in [4.69, 9.17) is 19.3 Å². The van der Waals surface area contributed by atoms with Gasteiger partial charge in [-0.05, 0) is 6.92 Å². The van der Waals surface area contributed by atoms with E-state index >= 15 is 0 Å². The molecule has 8 heteroatoms. The average molecular weight is 292 g/mol. The monoisotopic (exact) mass is 292 g/mol. The summed E-state index contributed by atoms with van der Waals surface area (Å²) in [6.45, 7) is 4.21. The van der Waals surface area contributed by atoms with Crippen LogP contribution < -0.4 is 0 Å². The van der Waals surface area contributed by atoms with E-state index in [0.717, 1.165) is 0 Å². The van der Waals surface area contributed by atoms with Crippen LogP contribution in [-0.4, -0.2) is 76.9 Å². The Morgan fingerprint density at radius 3 is 2.40 bits per heavy atom. The number of aliphatic hydroxyl groups is 4. The molecule has 1 saturated heterocycles. The van der Waals surface area contributed by atoms with Gasteiger partial charge in [-0.3, -0.25) is 0 Å². The molecule has 0 saturated carbocycles. The molecule has 0 aromatic heterocycles. The Hall–Kier alpha value is -1.03. The van der Waals surface area contributed by atoms with Crippen molar-refractivity contribution in [1.29, 1.82) is 0 Å². The SMILES string of the molecule is C=C(C)C(=O)OCCO[C@H]1OC(CO)[C@@H](O)[C@H](O)C1O. The smallest absolute Gasteiger partial charge is 0.333 e. The molecule has 0 amide bonds. The minimum atomic E-state index is -1.50. The van der Waals surface area contributed by atoms with Gasteiger partial charge in [0, 0.05) is 5.57 Å². The summed E-state index contributed by atoms with van der Waals surface area (Å²) in [5, 5.41) is 37.7. The van der Waals surface area contributed by atoms with Crippen LogP contribution in [0.5, 0.6) is 0 Å². The molecule has 2 unspecified atom stereocenters. The third-order valence-corrected chi connectivity index (χ3v) is 2.80. The van der Waals surface area contributed by atoms with E-state index in [1.165, 1.54) is 6.92 Å². The van der Waals surface area contributed by atoms with Crippen molar-refractivity contribution in [3.8, 4) is 0 Å². The standard InChI is InChI=1S/C12H20O8/c1-6(2)11(17)18-3-4-19-12-10(16)9(15)8(14)7(5-13)20-12/h7-10,12-16H,1,3-5H2,2H3/t7?,8-,9+,10?,12+/m1/s1. The van der Waals surface area contributed by atoms with Crippen molar-refractivity contribution in [2.75, 3.05) is 19.8 Å². The highest BCUT2D eigenvalue weighted by molar-refractivity contribution is 5.86. The summed E-state index contributed by atoms with van der Waals surface area (Å²) in [5.74, 6) is -0.567. The van der Waals surface area contributed by atoms with E-state index in [1.807, 2.05) is 0 Å². The fraction of sp³-hybridized carbons (Fsp3) is 0.750. The third-order valence-electron chi connectivity index (χ3n) is 2.80. The zero-order valence-electron chi connectivity index (χ0n) is 11.1. The topological polar surface area (TPSA) is 126 Å². The van der Waals surface area contributed by atoms with Gasteiger partial charge in [-0.2, -0.15) is 0 Å². The summed E-state index contributed by atoms with van der Waals surface area (Å²) < 4.78 is 15.0. The number of ether oxygens (including phenoxy) is 3. The lowest BCUT2D eigenvalue weighted by Crippen LogP contribution is -2.59. The fourth-order valence-electron chi connectivity index (χ4n) is 1.63. The van der Waals surface area contributed by atoms with Gasteiger partial charge in [0.15, 0.2) is 6.29 Å². The highest BCUT2D eigenvalue weighted by atomic mass is 16.7. The van der Waals surface area contributed by atoms with Gasteiger partial charge < -0.3 is 34.6 Å². The summed E-state index contributed by atoms with van der Waals surface area (Å²) in [6.07, 6.45) is -6.66. The summed E-state index contributed by atoms with van der Waals surface area (Å²) in [7, 11) is 0. The van der Waals surface area contributed by atoms with E-state index in [2.05, 4.69) is 6.58 Å². The van der Waals surface area contributed by atoms with Crippen LogP contribution in [0.4, 0.5) is 0 Å². The van der Waals surface area contributed by atoms with Crippen LogP contribution in [0.3, 0.4) is 0 Å². The average Bonchev–Trinajstić information content (AvgIpc) is 2.42. The number of carbonyl (C=O) groups excluding carboxylic acids is 1. The molecule has 1 aliphatic heterocycles. The molecule has 1 aliphatic rings. The van der Waals surface area contributed by atoms with Crippen LogP contribution in [-0.2, 0) is 19.0 Å². The Kier molecular flexibility index (Phi) is 6.53. The van der Waals surface area contributed by atoms with Crippen molar-refractivity contribution in [3.05, 3.63) is 12.2 Å². The Morgan fingerprint density at radius 1 is 1.20 bits per heavy atom. The van der Waals surface area contributed by atoms with Crippen molar-refractivity contribution in [2.24, 2.45) is 0 Å². The van der Waals surface area contributed by atoms with Gasteiger partial charge in [0.2, 0.25) is 0 Å². The molecule has 0 aromatic rings. The second-order valence-corrected chi connectivity index (χ2v) is 4.48. The number of rotatable bonds is 6. The van der Waals surface area contributed by atoms with Gasteiger partial charge in [-0.15, -0.1) is 0 Å². The lowest BCUT2D eigenvalue weighted by Gasteiger charge is -2.39. The molecule has 0 bridgehead atoms. The van der Waals surface area contributed by atoms with Gasteiger partial charge in [0.05, 0.1) is 13.2 Å². The first-order valence-corrected chi connectivity index (χ1v) is 6.13. The third kappa shape index (κ3) is 4.23. The van der Waals surface area contributed by atoms with Crippen LogP contribution in [0.2, 0.25) is 0 Å². The number of hydrogen-bond acceptors (Lipinski definition) is 8. The fourth-order valence-corrected chi connectivity index (χ4v) is 1.63. The van der Waals surface area contributed by atoms with Gasteiger partial charge in [-0.1, -0.05) is 6.58 Å². The molecule has 0 radical (unpaired) electrons. The number of hydrogen-bond donors (Lipinski definition) is 4. The van der Waals surface area contributed by atoms with E-state index in [1.54, 1.807) is 0 Å². The lowest BCUT2D eigenvalue weighted by atomic mass is 9.99. The Morgan fingerprint density at radius 2 is 1.85 bits per heavy atom. The molecular weight excluding hydrogens is 272 g/mol. The predicted octanol–water partition coefficient (Wildman–Crippen LogP) is -2.08. The van der Waals surface area contributed by atoms with Gasteiger partial charge in [0.1, 0.15) is 31.0 Å². The Labute approximate surface area is 116 Å². The molecule has 5 atom stereocenters. The van der Waals surface area contributed by atoms with Crippen LogP contribution in [0.15, 0.2) is 12.2 Å². The second-order valence-electron chi connectivity index (χ2n) is 4.48. The largest absolute Gasteiger partial charge is 0.460 e. The number of esters is 1. The molecule has 0 aromatic carbocycles. The number of aliphatic hydroxyl groups excluding tert-OH is 4. The molecule has 20 heavy (non-hydrogen) atoms. The molecule has 1 fully saturated rings. The van der Waals surface area contributed by atoms with Gasteiger partial charge in [-0.25, -0.2) is 4.79 Å². The van der Waals surface area contributed by atoms with E-state index in [9.17, 15) is 20.1 Å². The summed E-state index contributed by atoms with van der Waals surface area (Å²) in [5.41, 5.74) is 0.248. The van der Waals surface area contributed by atoms with Crippen molar-refractivity contribution in [1.82, 2.24) is 0 Å². The molecular formula is C12H20O8. The predicted molar refractivity (Wildman–Crippen MR) is 65.5 cm³/mol. The first-order valence-electron chi connectivity index (χ1n) is 6.13. The second kappa shape index (κ2) is 7.67. The molecule has 1 rings (SSSR count). The van der Waals surface area contributed by atoms with Crippen molar-refractivity contribution in [2.45, 2.75) is 37.6 Å². The molecule has 1 heterocycles. The minimum Gasteiger partial charge on any atom is -0.460 e. The number of carbonyl (C=O) groups is 1.